The van der Waals surface area contributed by atoms with E-state index in [0.29, 0.717) is 0 Å². The molecule has 1 aromatic carbocycles. The number of benzene rings is 1. The van der Waals surface area contributed by atoms with Gasteiger partial charge < -0.3 is 5.11 Å². The molecule has 0 spiro atoms. The lowest BCUT2D eigenvalue weighted by atomic mass is 10.0. The molecule has 0 radical (unpaired) electrons. The van der Waals surface area contributed by atoms with Gasteiger partial charge in [0.2, 0.25) is 0 Å². The number of aromatic hydroxyl groups is 1. The van der Waals surface area contributed by atoms with Crippen molar-refractivity contribution in [3.63, 3.8) is 0 Å². The lowest BCUT2D eigenvalue weighted by Gasteiger charge is -2.08. The van der Waals surface area contributed by atoms with Gasteiger partial charge in [-0.2, -0.15) is 0 Å². The average molecular weight is 182 g/mol. The molecule has 0 atom stereocenters. The van der Waals surface area contributed by atoms with Crippen LogP contribution in [0.1, 0.15) is 24.5 Å². The number of aryl methyl sites for hydroxylation is 1. The standard InChI is InChI=1S/C10H14OS/c1-3-4-8-7(2)5-6-9(11)10(8)12/h5-6,11-12H,3-4H2,1-2H3. The molecule has 0 bridgehead atoms. The molecule has 0 aliphatic carbocycles. The van der Waals surface area contributed by atoms with E-state index >= 15 is 0 Å². The lowest BCUT2D eigenvalue weighted by molar-refractivity contribution is 0.460. The molecule has 0 saturated carbocycles. The largest absolute Gasteiger partial charge is 0.507 e. The van der Waals surface area contributed by atoms with Gasteiger partial charge in [-0.3, -0.25) is 0 Å². The van der Waals surface area contributed by atoms with Crippen molar-refractivity contribution in [1.29, 1.82) is 0 Å². The first-order valence-electron chi connectivity index (χ1n) is 4.17. The number of thiol groups is 1. The fourth-order valence-electron chi connectivity index (χ4n) is 1.29. The molecule has 1 nitrogen and oxygen atoms in total. The molecule has 0 saturated heterocycles. The number of hydrogen-bond donors (Lipinski definition) is 2. The molecule has 0 fully saturated rings. The van der Waals surface area contributed by atoms with E-state index in [1.807, 2.05) is 13.0 Å². The second-order valence-corrected chi connectivity index (χ2v) is 3.43. The van der Waals surface area contributed by atoms with Crippen LogP contribution in [0, 0.1) is 6.92 Å². The number of rotatable bonds is 2. The van der Waals surface area contributed by atoms with Crippen LogP contribution in [0.25, 0.3) is 0 Å². The molecule has 0 aromatic heterocycles. The molecule has 0 amide bonds. The lowest BCUT2D eigenvalue weighted by Crippen LogP contribution is -1.90. The zero-order chi connectivity index (χ0) is 9.14. The maximum Gasteiger partial charge on any atom is 0.129 e. The van der Waals surface area contributed by atoms with Crippen molar-refractivity contribution in [2.24, 2.45) is 0 Å². The highest BCUT2D eigenvalue weighted by Gasteiger charge is 2.05. The summed E-state index contributed by atoms with van der Waals surface area (Å²) < 4.78 is 0. The molecule has 12 heavy (non-hydrogen) atoms. The Hall–Kier alpha value is -0.630. The van der Waals surface area contributed by atoms with Crippen molar-refractivity contribution >= 4 is 12.6 Å². The fourth-order valence-corrected chi connectivity index (χ4v) is 1.65. The Bertz CT molecular complexity index is 281. The van der Waals surface area contributed by atoms with Crippen LogP contribution in [0.5, 0.6) is 5.75 Å². The van der Waals surface area contributed by atoms with E-state index in [2.05, 4.69) is 19.6 Å². The van der Waals surface area contributed by atoms with Gasteiger partial charge in [-0.25, -0.2) is 0 Å². The highest BCUT2D eigenvalue weighted by atomic mass is 32.1. The number of phenolic OH excluding ortho intramolecular Hbond substituents is 1. The summed E-state index contributed by atoms with van der Waals surface area (Å²) >= 11 is 4.27. The predicted octanol–water partition coefficient (Wildman–Crippen LogP) is 2.94. The van der Waals surface area contributed by atoms with Gasteiger partial charge in [-0.05, 0) is 30.5 Å². The topological polar surface area (TPSA) is 20.2 Å². The first kappa shape index (κ1) is 9.46. The minimum atomic E-state index is 0.285. The highest BCUT2D eigenvalue weighted by Crippen LogP contribution is 2.28. The summed E-state index contributed by atoms with van der Waals surface area (Å²) in [5, 5.41) is 9.37. The Balaban J connectivity index is 3.14. The van der Waals surface area contributed by atoms with Crippen LogP contribution in [-0.4, -0.2) is 5.11 Å². The van der Waals surface area contributed by atoms with Crippen molar-refractivity contribution in [2.75, 3.05) is 0 Å². The molecule has 0 heterocycles. The van der Waals surface area contributed by atoms with Gasteiger partial charge in [0.1, 0.15) is 5.75 Å². The maximum atomic E-state index is 9.37. The van der Waals surface area contributed by atoms with Gasteiger partial charge in [-0.15, -0.1) is 12.6 Å². The van der Waals surface area contributed by atoms with E-state index in [4.69, 9.17) is 0 Å². The van der Waals surface area contributed by atoms with E-state index in [0.717, 1.165) is 17.7 Å². The van der Waals surface area contributed by atoms with Crippen LogP contribution in [0.2, 0.25) is 0 Å². The third-order valence-electron chi connectivity index (χ3n) is 2.00. The van der Waals surface area contributed by atoms with Gasteiger partial charge in [0.25, 0.3) is 0 Å². The summed E-state index contributed by atoms with van der Waals surface area (Å²) in [6.45, 7) is 4.17. The van der Waals surface area contributed by atoms with Crippen molar-refractivity contribution < 1.29 is 5.11 Å². The molecule has 66 valence electrons. The van der Waals surface area contributed by atoms with Gasteiger partial charge in [0.15, 0.2) is 0 Å². The maximum absolute atomic E-state index is 9.37. The minimum Gasteiger partial charge on any atom is -0.507 e. The van der Waals surface area contributed by atoms with Crippen molar-refractivity contribution in [2.45, 2.75) is 31.6 Å². The highest BCUT2D eigenvalue weighted by molar-refractivity contribution is 7.80. The summed E-state index contributed by atoms with van der Waals surface area (Å²) in [4.78, 5) is 0.733. The first-order chi connectivity index (χ1) is 5.66. The summed E-state index contributed by atoms with van der Waals surface area (Å²) in [7, 11) is 0. The molecule has 0 aliphatic heterocycles. The third kappa shape index (κ3) is 1.75. The monoisotopic (exact) mass is 182 g/mol. The SMILES string of the molecule is CCCc1c(C)ccc(O)c1S. The zero-order valence-electron chi connectivity index (χ0n) is 7.46. The molecular formula is C10H14OS. The Morgan fingerprint density at radius 1 is 1.42 bits per heavy atom. The normalized spacial score (nSPS) is 10.2. The number of hydrogen-bond acceptors (Lipinski definition) is 2. The van der Waals surface area contributed by atoms with Crippen molar-refractivity contribution in [3.8, 4) is 5.75 Å². The molecule has 1 rings (SSSR count). The molecule has 1 aromatic rings. The van der Waals surface area contributed by atoms with E-state index in [-0.39, 0.29) is 5.75 Å². The van der Waals surface area contributed by atoms with Crippen LogP contribution in [-0.2, 0) is 6.42 Å². The molecule has 2 heteroatoms. The predicted molar refractivity (Wildman–Crippen MR) is 54.1 cm³/mol. The quantitative estimate of drug-likeness (QED) is 0.674. The summed E-state index contributed by atoms with van der Waals surface area (Å²) in [6.07, 6.45) is 2.07. The van der Waals surface area contributed by atoms with Gasteiger partial charge in [-0.1, -0.05) is 19.4 Å². The Kier molecular flexibility index (Phi) is 3.04. The molecule has 1 N–H and O–H groups in total. The number of phenols is 1. The van der Waals surface area contributed by atoms with Crippen LogP contribution in [0.4, 0.5) is 0 Å². The smallest absolute Gasteiger partial charge is 0.129 e. The Morgan fingerprint density at radius 2 is 2.08 bits per heavy atom. The fraction of sp³-hybridized carbons (Fsp3) is 0.400. The van der Waals surface area contributed by atoms with Crippen molar-refractivity contribution in [3.05, 3.63) is 23.3 Å². The second kappa shape index (κ2) is 3.85. The van der Waals surface area contributed by atoms with Gasteiger partial charge >= 0.3 is 0 Å². The minimum absolute atomic E-state index is 0.285. The molecule has 0 unspecified atom stereocenters. The average Bonchev–Trinajstić information content (AvgIpc) is 2.06. The Morgan fingerprint density at radius 3 is 2.67 bits per heavy atom. The summed E-state index contributed by atoms with van der Waals surface area (Å²) in [6, 6.07) is 3.62. The van der Waals surface area contributed by atoms with Crippen LogP contribution in [0.3, 0.4) is 0 Å². The van der Waals surface area contributed by atoms with Crippen molar-refractivity contribution in [1.82, 2.24) is 0 Å². The van der Waals surface area contributed by atoms with Gasteiger partial charge in [0.05, 0.1) is 0 Å². The van der Waals surface area contributed by atoms with Crippen LogP contribution >= 0.6 is 12.6 Å². The molecular weight excluding hydrogens is 168 g/mol. The Labute approximate surface area is 78.8 Å². The zero-order valence-corrected chi connectivity index (χ0v) is 8.36. The van der Waals surface area contributed by atoms with E-state index in [9.17, 15) is 5.11 Å². The molecule has 0 aliphatic rings. The van der Waals surface area contributed by atoms with Crippen LogP contribution < -0.4 is 0 Å². The second-order valence-electron chi connectivity index (χ2n) is 2.98. The van der Waals surface area contributed by atoms with E-state index < -0.39 is 0 Å². The summed E-state index contributed by atoms with van der Waals surface area (Å²) in [5.74, 6) is 0.285. The first-order valence-corrected chi connectivity index (χ1v) is 4.62. The van der Waals surface area contributed by atoms with Gasteiger partial charge in [0, 0.05) is 4.90 Å². The van der Waals surface area contributed by atoms with E-state index in [1.165, 1.54) is 11.1 Å². The van der Waals surface area contributed by atoms with Crippen LogP contribution in [0.15, 0.2) is 17.0 Å². The summed E-state index contributed by atoms with van der Waals surface area (Å²) in [5.41, 5.74) is 2.38. The third-order valence-corrected chi connectivity index (χ3v) is 2.49. The van der Waals surface area contributed by atoms with E-state index in [1.54, 1.807) is 6.07 Å².